The summed E-state index contributed by atoms with van der Waals surface area (Å²) < 4.78 is 15.9. The second kappa shape index (κ2) is 5.51. The van der Waals surface area contributed by atoms with Crippen LogP contribution in [0.4, 0.5) is 4.39 Å². The van der Waals surface area contributed by atoms with Crippen molar-refractivity contribution in [1.29, 1.82) is 0 Å². The van der Waals surface area contributed by atoms with Crippen molar-refractivity contribution in [3.05, 3.63) is 76.4 Å². The second-order valence-corrected chi connectivity index (χ2v) is 7.79. The van der Waals surface area contributed by atoms with Gasteiger partial charge >= 0.3 is 0 Å². The molecule has 0 atom stereocenters. The third-order valence-electron chi connectivity index (χ3n) is 5.49. The number of halogens is 2. The minimum atomic E-state index is -0.376. The fourth-order valence-corrected chi connectivity index (χ4v) is 4.64. The lowest BCUT2D eigenvalue weighted by Crippen LogP contribution is -2.55. The Kier molecular flexibility index (Phi) is 3.34. The fourth-order valence-electron chi connectivity index (χ4n) is 4.26. The van der Waals surface area contributed by atoms with Crippen LogP contribution in [0.1, 0.15) is 28.8 Å². The molecule has 3 aromatic rings. The van der Waals surface area contributed by atoms with Gasteiger partial charge in [0, 0.05) is 17.2 Å². The van der Waals surface area contributed by atoms with Gasteiger partial charge in [0.25, 0.3) is 5.91 Å². The van der Waals surface area contributed by atoms with Gasteiger partial charge in [-0.05, 0) is 52.5 Å². The van der Waals surface area contributed by atoms with Crippen molar-refractivity contribution >= 4 is 21.8 Å². The van der Waals surface area contributed by atoms with Crippen LogP contribution in [-0.4, -0.2) is 21.5 Å². The van der Waals surface area contributed by atoms with Gasteiger partial charge in [-0.15, -0.1) is 0 Å². The van der Waals surface area contributed by atoms with Crippen LogP contribution in [0.5, 0.6) is 0 Å². The van der Waals surface area contributed by atoms with E-state index in [9.17, 15) is 9.18 Å². The highest BCUT2D eigenvalue weighted by atomic mass is 79.9. The number of nitrogens with one attached hydrogen (secondary N) is 1. The Labute approximate surface area is 158 Å². The zero-order chi connectivity index (χ0) is 17.9. The van der Waals surface area contributed by atoms with E-state index in [-0.39, 0.29) is 23.3 Å². The lowest BCUT2D eigenvalue weighted by atomic mass is 9.68. The van der Waals surface area contributed by atoms with Gasteiger partial charge < -0.3 is 9.88 Å². The normalized spacial score (nSPS) is 22.6. The van der Waals surface area contributed by atoms with E-state index >= 15 is 0 Å². The standard InChI is InChI=1S/C20H15BrFN3O/c21-16-7-12(5-6-17(16)22)19(26)24-13-8-20(9-13)15-4-2-1-3-14(15)18-10-23-11-25(18)20/h1-7,10-11,13H,8-9H2,(H,24,26). The summed E-state index contributed by atoms with van der Waals surface area (Å²) in [7, 11) is 0. The molecule has 1 fully saturated rings. The minimum Gasteiger partial charge on any atom is -0.349 e. The lowest BCUT2D eigenvalue weighted by Gasteiger charge is -2.47. The average molecular weight is 412 g/mol. The van der Waals surface area contributed by atoms with E-state index in [0.29, 0.717) is 10.0 Å². The number of benzene rings is 2. The van der Waals surface area contributed by atoms with Gasteiger partial charge in [-0.2, -0.15) is 0 Å². The molecule has 130 valence electrons. The molecule has 1 saturated carbocycles. The minimum absolute atomic E-state index is 0.0766. The summed E-state index contributed by atoms with van der Waals surface area (Å²) >= 11 is 3.13. The highest BCUT2D eigenvalue weighted by Gasteiger charge is 2.52. The van der Waals surface area contributed by atoms with Crippen LogP contribution in [0, 0.1) is 5.82 Å². The smallest absolute Gasteiger partial charge is 0.251 e. The van der Waals surface area contributed by atoms with E-state index in [1.807, 2.05) is 18.6 Å². The van der Waals surface area contributed by atoms with Gasteiger partial charge in [-0.25, -0.2) is 9.37 Å². The van der Waals surface area contributed by atoms with Gasteiger partial charge in [0.05, 0.1) is 28.2 Å². The van der Waals surface area contributed by atoms with Crippen LogP contribution in [0.25, 0.3) is 11.3 Å². The zero-order valence-electron chi connectivity index (χ0n) is 13.7. The molecule has 0 radical (unpaired) electrons. The highest BCUT2D eigenvalue weighted by Crippen LogP contribution is 2.54. The first-order chi connectivity index (χ1) is 12.6. The number of aromatic nitrogens is 2. The number of carbonyl (C=O) groups is 1. The summed E-state index contributed by atoms with van der Waals surface area (Å²) in [5, 5.41) is 3.07. The number of fused-ring (bicyclic) bond motifs is 5. The van der Waals surface area contributed by atoms with Gasteiger partial charge in [-0.1, -0.05) is 24.3 Å². The Morgan fingerprint density at radius 3 is 2.88 bits per heavy atom. The van der Waals surface area contributed by atoms with E-state index in [0.717, 1.165) is 18.5 Å². The first kappa shape index (κ1) is 15.8. The number of rotatable bonds is 2. The summed E-state index contributed by atoms with van der Waals surface area (Å²) in [4.78, 5) is 16.8. The molecule has 1 spiro atoms. The van der Waals surface area contributed by atoms with Crippen LogP contribution in [0.15, 0.2) is 59.5 Å². The summed E-state index contributed by atoms with van der Waals surface area (Å²) in [5.41, 5.74) is 3.98. The van der Waals surface area contributed by atoms with Crippen molar-refractivity contribution in [3.63, 3.8) is 0 Å². The van der Waals surface area contributed by atoms with E-state index in [4.69, 9.17) is 0 Å². The lowest BCUT2D eigenvalue weighted by molar-refractivity contribution is 0.0835. The molecule has 0 bridgehead atoms. The van der Waals surface area contributed by atoms with E-state index in [2.05, 4.69) is 49.0 Å². The molecule has 2 aliphatic rings. The molecule has 1 amide bonds. The van der Waals surface area contributed by atoms with Crippen LogP contribution >= 0.6 is 15.9 Å². The maximum Gasteiger partial charge on any atom is 0.251 e. The van der Waals surface area contributed by atoms with Gasteiger partial charge in [0.15, 0.2) is 0 Å². The molecule has 0 unspecified atom stereocenters. The van der Waals surface area contributed by atoms with Crippen LogP contribution in [0.2, 0.25) is 0 Å². The number of hydrogen-bond donors (Lipinski definition) is 1. The van der Waals surface area contributed by atoms with Crippen LogP contribution < -0.4 is 5.32 Å². The summed E-state index contributed by atoms with van der Waals surface area (Å²) in [6, 6.07) is 12.8. The molecule has 1 aromatic heterocycles. The third-order valence-corrected chi connectivity index (χ3v) is 6.10. The van der Waals surface area contributed by atoms with Crippen LogP contribution in [-0.2, 0) is 5.54 Å². The predicted molar refractivity (Wildman–Crippen MR) is 99.3 cm³/mol. The van der Waals surface area contributed by atoms with Crippen molar-refractivity contribution in [2.75, 3.05) is 0 Å². The van der Waals surface area contributed by atoms with Gasteiger partial charge in [0.1, 0.15) is 5.82 Å². The van der Waals surface area contributed by atoms with Crippen molar-refractivity contribution in [2.24, 2.45) is 0 Å². The molecule has 6 heteroatoms. The summed E-state index contributed by atoms with van der Waals surface area (Å²) in [6.07, 6.45) is 5.42. The highest BCUT2D eigenvalue weighted by molar-refractivity contribution is 9.10. The molecule has 2 aromatic carbocycles. The predicted octanol–water partition coefficient (Wildman–Crippen LogP) is 4.10. The van der Waals surface area contributed by atoms with Crippen molar-refractivity contribution in [2.45, 2.75) is 24.4 Å². The van der Waals surface area contributed by atoms with Crippen molar-refractivity contribution in [1.82, 2.24) is 14.9 Å². The van der Waals surface area contributed by atoms with Gasteiger partial charge in [0.2, 0.25) is 0 Å². The Balaban J connectivity index is 1.38. The quantitative estimate of drug-likeness (QED) is 0.689. The molecule has 1 aliphatic heterocycles. The van der Waals surface area contributed by atoms with E-state index < -0.39 is 0 Å². The molecule has 1 N–H and O–H groups in total. The Morgan fingerprint density at radius 1 is 1.27 bits per heavy atom. The maximum absolute atomic E-state index is 13.4. The molecule has 4 nitrogen and oxygen atoms in total. The maximum atomic E-state index is 13.4. The number of imidazole rings is 1. The zero-order valence-corrected chi connectivity index (χ0v) is 15.3. The average Bonchev–Trinajstić information content (AvgIpc) is 3.18. The van der Waals surface area contributed by atoms with E-state index in [1.165, 1.54) is 29.3 Å². The molecule has 5 rings (SSSR count). The molecular weight excluding hydrogens is 397 g/mol. The third kappa shape index (κ3) is 2.11. The Bertz CT molecular complexity index is 1040. The first-order valence-electron chi connectivity index (χ1n) is 8.47. The van der Waals surface area contributed by atoms with E-state index in [1.54, 1.807) is 0 Å². The molecule has 2 heterocycles. The number of carbonyl (C=O) groups excluding carboxylic acids is 1. The topological polar surface area (TPSA) is 46.9 Å². The van der Waals surface area contributed by atoms with Gasteiger partial charge in [-0.3, -0.25) is 4.79 Å². The first-order valence-corrected chi connectivity index (χ1v) is 9.26. The summed E-state index contributed by atoms with van der Waals surface area (Å²) in [6.45, 7) is 0. The Morgan fingerprint density at radius 2 is 2.08 bits per heavy atom. The van der Waals surface area contributed by atoms with Crippen molar-refractivity contribution in [3.8, 4) is 11.3 Å². The molecule has 26 heavy (non-hydrogen) atoms. The molecule has 1 aliphatic carbocycles. The number of amides is 1. The second-order valence-electron chi connectivity index (χ2n) is 6.93. The summed E-state index contributed by atoms with van der Waals surface area (Å²) in [5.74, 6) is -0.554. The monoisotopic (exact) mass is 411 g/mol. The van der Waals surface area contributed by atoms with Crippen molar-refractivity contribution < 1.29 is 9.18 Å². The molecule has 0 saturated heterocycles. The largest absolute Gasteiger partial charge is 0.349 e. The fraction of sp³-hybridized carbons (Fsp3) is 0.200. The Hall–Kier alpha value is -2.47. The SMILES string of the molecule is O=C(NC1CC2(C1)c1ccccc1-c1cncn12)c1ccc(F)c(Br)c1. The number of nitrogens with zero attached hydrogens (tertiary/aromatic N) is 2. The van der Waals surface area contributed by atoms with Crippen LogP contribution in [0.3, 0.4) is 0 Å². The molecular formula is C20H15BrFN3O. The number of hydrogen-bond acceptors (Lipinski definition) is 2.